The van der Waals surface area contributed by atoms with Gasteiger partial charge in [0, 0.05) is 53.6 Å². The van der Waals surface area contributed by atoms with Crippen molar-refractivity contribution in [3.63, 3.8) is 0 Å². The molecular weight excluding hydrogens is 701 g/mol. The van der Waals surface area contributed by atoms with Crippen LogP contribution in [0.1, 0.15) is 82.3 Å². The lowest BCUT2D eigenvalue weighted by atomic mass is 9.76. The average molecular weight is 743 g/mol. The zero-order valence-corrected chi connectivity index (χ0v) is 30.9. The number of rotatable bonds is 3. The summed E-state index contributed by atoms with van der Waals surface area (Å²) in [7, 11) is 0. The van der Waals surface area contributed by atoms with Crippen LogP contribution in [-0.4, -0.2) is 52.1 Å². The minimum Gasteiger partial charge on any atom is -0.409 e. The Kier molecular flexibility index (Phi) is 10.7. The van der Waals surface area contributed by atoms with E-state index >= 15 is 0 Å². The molecule has 0 bridgehead atoms. The molecule has 0 spiro atoms. The van der Waals surface area contributed by atoms with Gasteiger partial charge in [0.25, 0.3) is 0 Å². The maximum atomic E-state index is 12.6. The van der Waals surface area contributed by atoms with Crippen molar-refractivity contribution >= 4 is 53.6 Å². The molecule has 1 N–H and O–H groups in total. The topological polar surface area (TPSA) is 80.2 Å². The summed E-state index contributed by atoms with van der Waals surface area (Å²) < 4.78 is 5.47. The van der Waals surface area contributed by atoms with Gasteiger partial charge in [0.15, 0.2) is 5.75 Å². The predicted octanol–water partition coefficient (Wildman–Crippen LogP) is 10.0. The number of hydrogen-bond donors (Lipinski definition) is 1. The number of nitrogens with one attached hydrogen (secondary N) is 1. The van der Waals surface area contributed by atoms with Gasteiger partial charge >= 0.3 is 6.09 Å². The number of likely N-dealkylation sites (tertiary alicyclic amines) is 1. The van der Waals surface area contributed by atoms with Crippen molar-refractivity contribution in [3.05, 3.63) is 152 Å². The normalized spacial score (nSPS) is 19.3. The van der Waals surface area contributed by atoms with Crippen LogP contribution in [-0.2, 0) is 0 Å². The number of carbonyl (C=O) groups is 1. The van der Waals surface area contributed by atoms with Gasteiger partial charge in [0.05, 0.1) is 17.6 Å². The number of amides is 1. The molecule has 9 rings (SSSR count). The van der Waals surface area contributed by atoms with Crippen LogP contribution < -0.4 is 10.1 Å². The van der Waals surface area contributed by atoms with E-state index in [1.165, 1.54) is 40.8 Å². The van der Waals surface area contributed by atoms with E-state index < -0.39 is 0 Å². The largest absolute Gasteiger partial charge is 0.415 e. The van der Waals surface area contributed by atoms with Gasteiger partial charge in [0.2, 0.25) is 0 Å². The third-order valence-corrected chi connectivity index (χ3v) is 11.4. The molecule has 3 aromatic heterocycles. The van der Waals surface area contributed by atoms with Crippen molar-refractivity contribution in [1.82, 2.24) is 25.2 Å². The van der Waals surface area contributed by atoms with Gasteiger partial charge < -0.3 is 15.0 Å². The van der Waals surface area contributed by atoms with E-state index in [-0.39, 0.29) is 12.0 Å². The Morgan fingerprint density at radius 2 is 1.19 bits per heavy atom. The summed E-state index contributed by atoms with van der Waals surface area (Å²) in [5.74, 6) is 1.99. The fourth-order valence-corrected chi connectivity index (χ4v) is 8.74. The molecule has 268 valence electrons. The molecule has 2 aromatic carbocycles. The van der Waals surface area contributed by atoms with Gasteiger partial charge in [-0.25, -0.2) is 4.79 Å². The second-order valence-electron chi connectivity index (χ2n) is 14.1. The second kappa shape index (κ2) is 16.0. The van der Waals surface area contributed by atoms with Crippen molar-refractivity contribution in [2.24, 2.45) is 11.8 Å². The summed E-state index contributed by atoms with van der Waals surface area (Å²) in [6.07, 6.45) is 19.4. The molecule has 2 atom stereocenters. The number of fused-ring (bicyclic) bond motifs is 4. The van der Waals surface area contributed by atoms with Crippen molar-refractivity contribution in [2.45, 2.75) is 37.5 Å². The van der Waals surface area contributed by atoms with Crippen LogP contribution in [0.2, 0.25) is 10.0 Å². The average Bonchev–Trinajstić information content (AvgIpc) is 3.46. The number of pyridine rings is 3. The number of halogens is 2. The third kappa shape index (κ3) is 7.79. The first-order valence-electron chi connectivity index (χ1n) is 18.4. The van der Waals surface area contributed by atoms with E-state index in [2.05, 4.69) is 64.9 Å². The Morgan fingerprint density at radius 3 is 1.74 bits per heavy atom. The van der Waals surface area contributed by atoms with Crippen LogP contribution >= 0.6 is 23.2 Å². The predicted molar refractivity (Wildman–Crippen MR) is 213 cm³/mol. The minimum absolute atomic E-state index is 0.162. The monoisotopic (exact) mass is 741 g/mol. The Labute approximate surface area is 320 Å². The summed E-state index contributed by atoms with van der Waals surface area (Å²) in [5, 5.41) is 5.00. The maximum Gasteiger partial charge on any atom is 0.415 e. The lowest BCUT2D eigenvalue weighted by molar-refractivity contribution is 0.127. The Balaban J connectivity index is 0.000000160. The van der Waals surface area contributed by atoms with E-state index in [4.69, 9.17) is 37.9 Å². The van der Waals surface area contributed by atoms with Gasteiger partial charge in [-0.3, -0.25) is 15.0 Å². The van der Waals surface area contributed by atoms with Gasteiger partial charge in [-0.1, -0.05) is 71.8 Å². The zero-order valence-electron chi connectivity index (χ0n) is 29.4. The summed E-state index contributed by atoms with van der Waals surface area (Å²) in [6, 6.07) is 24.1. The second-order valence-corrected chi connectivity index (χ2v) is 15.0. The van der Waals surface area contributed by atoms with Gasteiger partial charge in [0.1, 0.15) is 0 Å². The molecule has 0 saturated carbocycles. The number of ether oxygens (including phenoxy) is 1. The number of benzene rings is 2. The summed E-state index contributed by atoms with van der Waals surface area (Å²) in [5.41, 5.74) is 9.65. The molecule has 53 heavy (non-hydrogen) atoms. The summed E-state index contributed by atoms with van der Waals surface area (Å²) >= 11 is 12.5. The van der Waals surface area contributed by atoms with Crippen LogP contribution in [0, 0.1) is 11.8 Å². The van der Waals surface area contributed by atoms with E-state index in [1.807, 2.05) is 42.7 Å². The van der Waals surface area contributed by atoms with Crippen LogP contribution in [0.5, 0.6) is 5.75 Å². The molecule has 5 heterocycles. The molecule has 2 aliphatic heterocycles. The first-order valence-corrected chi connectivity index (χ1v) is 19.2. The quantitative estimate of drug-likeness (QED) is 0.198. The van der Waals surface area contributed by atoms with Crippen molar-refractivity contribution in [1.29, 1.82) is 0 Å². The molecule has 5 aromatic rings. The molecule has 2 unspecified atom stereocenters. The number of aromatic nitrogens is 3. The first kappa shape index (κ1) is 35.2. The molecule has 4 aliphatic rings. The molecule has 9 heteroatoms. The fraction of sp³-hybridized carbons (Fsp3) is 0.273. The third-order valence-electron chi connectivity index (χ3n) is 10.9. The van der Waals surface area contributed by atoms with Crippen molar-refractivity contribution < 1.29 is 9.53 Å². The standard InChI is InChI=1S/C25H22ClN3O2.C19H19ClN2/c26-20-7-8-22-19(15-20)6-5-18-3-1-12-28-24(18)23(22)17-9-13-29(14-10-17)25(30)31-21-4-2-11-27-16-21;20-16-5-6-17-15(12-16)4-3-14-2-1-9-22-19(14)18(17)13-7-10-21-11-8-13/h1-8,11-12,15-17,23H,9-10,13-14H2;1-6,9,12-13,18,21H,7-8,10-11H2. The Morgan fingerprint density at radius 1 is 0.660 bits per heavy atom. The molecule has 2 fully saturated rings. The SMILES string of the molecule is Clc1ccc2c(c1)C=Cc1cccnc1C2C1CCNCC1.O=C(Oc1cccnc1)N1CCC(C2c3ccc(Cl)cc3C=Cc3cccnc32)CC1. The maximum absolute atomic E-state index is 12.6. The van der Waals surface area contributed by atoms with Crippen molar-refractivity contribution in [3.8, 4) is 5.75 Å². The molecular formula is C44H41Cl2N5O2. The van der Waals surface area contributed by atoms with E-state index in [9.17, 15) is 4.79 Å². The molecule has 2 saturated heterocycles. The fourth-order valence-electron chi connectivity index (χ4n) is 8.38. The highest BCUT2D eigenvalue weighted by atomic mass is 35.5. The smallest absolute Gasteiger partial charge is 0.409 e. The lowest BCUT2D eigenvalue weighted by Crippen LogP contribution is -2.41. The Hall–Kier alpha value is -4.82. The molecule has 0 radical (unpaired) electrons. The highest BCUT2D eigenvalue weighted by Crippen LogP contribution is 2.44. The van der Waals surface area contributed by atoms with Gasteiger partial charge in [-0.2, -0.15) is 0 Å². The first-order chi connectivity index (χ1) is 26.0. The molecule has 7 nitrogen and oxygen atoms in total. The van der Waals surface area contributed by atoms with Gasteiger partial charge in [-0.15, -0.1) is 0 Å². The highest BCUT2D eigenvalue weighted by Gasteiger charge is 2.35. The zero-order chi connectivity index (χ0) is 36.1. The number of hydrogen-bond acceptors (Lipinski definition) is 6. The number of nitrogens with zero attached hydrogens (tertiary/aromatic N) is 4. The summed E-state index contributed by atoms with van der Waals surface area (Å²) in [4.78, 5) is 27.9. The highest BCUT2D eigenvalue weighted by molar-refractivity contribution is 6.31. The number of piperidine rings is 2. The Bertz CT molecular complexity index is 2140. The lowest BCUT2D eigenvalue weighted by Gasteiger charge is -2.36. The van der Waals surface area contributed by atoms with E-state index in [0.29, 0.717) is 36.6 Å². The molecule has 2 aliphatic carbocycles. The van der Waals surface area contributed by atoms with Crippen LogP contribution in [0.15, 0.2) is 97.6 Å². The van der Waals surface area contributed by atoms with Crippen LogP contribution in [0.25, 0.3) is 24.3 Å². The van der Waals surface area contributed by atoms with Crippen LogP contribution in [0.3, 0.4) is 0 Å². The van der Waals surface area contributed by atoms with E-state index in [0.717, 1.165) is 52.8 Å². The number of carbonyl (C=O) groups excluding carboxylic acids is 1. The van der Waals surface area contributed by atoms with Crippen molar-refractivity contribution in [2.75, 3.05) is 26.2 Å². The van der Waals surface area contributed by atoms with Crippen LogP contribution in [0.4, 0.5) is 4.79 Å². The molecule has 1 amide bonds. The van der Waals surface area contributed by atoms with E-state index in [1.54, 1.807) is 29.4 Å². The van der Waals surface area contributed by atoms with Gasteiger partial charge in [-0.05, 0) is 133 Å². The minimum atomic E-state index is -0.320. The summed E-state index contributed by atoms with van der Waals surface area (Å²) in [6.45, 7) is 3.50.